The van der Waals surface area contributed by atoms with E-state index in [1.165, 1.54) is 35.1 Å². The maximum atomic E-state index is 13.5. The maximum absolute atomic E-state index is 13.5. The number of carbonyl (C=O) groups is 2. The van der Waals surface area contributed by atoms with Gasteiger partial charge in [-0.15, -0.1) is 0 Å². The van der Waals surface area contributed by atoms with Crippen molar-refractivity contribution < 1.29 is 19.2 Å². The Kier molecular flexibility index (Phi) is 4.22. The Labute approximate surface area is 180 Å². The van der Waals surface area contributed by atoms with Crippen molar-refractivity contribution in [3.63, 3.8) is 0 Å². The van der Waals surface area contributed by atoms with Gasteiger partial charge >= 0.3 is 0 Å². The third-order valence-corrected chi connectivity index (χ3v) is 5.39. The lowest BCUT2D eigenvalue weighted by Gasteiger charge is -2.13. The molecular weight excluding hydrogens is 414 g/mol. The maximum Gasteiger partial charge on any atom is 0.293 e. The molecule has 0 bridgehead atoms. The van der Waals surface area contributed by atoms with Crippen molar-refractivity contribution in [1.29, 1.82) is 0 Å². The number of carbonyl (C=O) groups excluding carboxylic acids is 2. The summed E-state index contributed by atoms with van der Waals surface area (Å²) in [6.45, 7) is 0. The van der Waals surface area contributed by atoms with Crippen LogP contribution in [0.3, 0.4) is 0 Å². The number of benzene rings is 2. The Bertz CT molecular complexity index is 1440. The lowest BCUT2D eigenvalue weighted by molar-refractivity contribution is -0.384. The smallest absolute Gasteiger partial charge is 0.293 e. The molecule has 158 valence electrons. The Morgan fingerprint density at radius 3 is 2.44 bits per heavy atom. The number of hydrogen-bond donors (Lipinski definition) is 0. The van der Waals surface area contributed by atoms with Crippen LogP contribution in [0.4, 0.5) is 11.4 Å². The van der Waals surface area contributed by atoms with E-state index in [-0.39, 0.29) is 22.5 Å². The number of aromatic nitrogens is 3. The molecule has 2 aromatic carbocycles. The first kappa shape index (κ1) is 19.4. The average molecular weight is 429 g/mol. The van der Waals surface area contributed by atoms with Crippen molar-refractivity contribution in [3.8, 4) is 17.0 Å². The molecule has 0 N–H and O–H groups in total. The third-order valence-electron chi connectivity index (χ3n) is 5.39. The van der Waals surface area contributed by atoms with E-state index in [0.29, 0.717) is 28.0 Å². The van der Waals surface area contributed by atoms with Crippen LogP contribution in [0.25, 0.3) is 22.3 Å². The molecule has 0 radical (unpaired) electrons. The summed E-state index contributed by atoms with van der Waals surface area (Å²) < 4.78 is 6.73. The molecule has 1 aliphatic heterocycles. The zero-order valence-electron chi connectivity index (χ0n) is 17.0. The summed E-state index contributed by atoms with van der Waals surface area (Å²) in [5, 5.41) is 16.4. The average Bonchev–Trinajstić information content (AvgIpc) is 3.27. The van der Waals surface area contributed by atoms with Crippen LogP contribution in [-0.2, 0) is 7.05 Å². The summed E-state index contributed by atoms with van der Waals surface area (Å²) in [7, 11) is 3.25. The molecule has 2 amide bonds. The van der Waals surface area contributed by atoms with E-state index in [1.54, 1.807) is 38.4 Å². The van der Waals surface area contributed by atoms with E-state index in [2.05, 4.69) is 10.1 Å². The minimum atomic E-state index is -0.668. The summed E-state index contributed by atoms with van der Waals surface area (Å²) in [6, 6.07) is 12.7. The van der Waals surface area contributed by atoms with Crippen LogP contribution in [0.1, 0.15) is 20.7 Å². The fourth-order valence-corrected chi connectivity index (χ4v) is 3.90. The number of ether oxygens (including phenoxy) is 1. The van der Waals surface area contributed by atoms with Crippen molar-refractivity contribution in [3.05, 3.63) is 76.0 Å². The zero-order valence-corrected chi connectivity index (χ0v) is 17.0. The molecule has 32 heavy (non-hydrogen) atoms. The van der Waals surface area contributed by atoms with Crippen molar-refractivity contribution in [2.75, 3.05) is 12.0 Å². The number of nitrogens with zero attached hydrogens (tertiary/aromatic N) is 5. The number of methoxy groups -OCH3 is 1. The number of rotatable bonds is 4. The first-order valence-corrected chi connectivity index (χ1v) is 9.54. The molecule has 2 aromatic heterocycles. The number of fused-ring (bicyclic) bond motifs is 3. The number of amides is 2. The number of imide groups is 1. The van der Waals surface area contributed by atoms with Crippen molar-refractivity contribution >= 4 is 34.2 Å². The Balaban J connectivity index is 1.74. The van der Waals surface area contributed by atoms with Gasteiger partial charge in [-0.1, -0.05) is 12.1 Å². The second-order valence-corrected chi connectivity index (χ2v) is 7.14. The lowest BCUT2D eigenvalue weighted by atomic mass is 10.0. The summed E-state index contributed by atoms with van der Waals surface area (Å²) >= 11 is 0. The molecule has 10 heteroatoms. The molecule has 3 heterocycles. The van der Waals surface area contributed by atoms with Crippen LogP contribution in [-0.4, -0.2) is 38.6 Å². The number of pyridine rings is 1. The molecule has 0 spiro atoms. The zero-order chi connectivity index (χ0) is 22.6. The molecule has 1 aliphatic rings. The van der Waals surface area contributed by atoms with E-state index in [1.807, 2.05) is 0 Å². The summed E-state index contributed by atoms with van der Waals surface area (Å²) in [4.78, 5) is 42.7. The summed E-state index contributed by atoms with van der Waals surface area (Å²) in [6.07, 6.45) is 1.31. The molecule has 10 nitrogen and oxygen atoms in total. The van der Waals surface area contributed by atoms with Gasteiger partial charge in [0.2, 0.25) is 0 Å². The topological polar surface area (TPSA) is 120 Å². The Hall–Kier alpha value is -4.60. The van der Waals surface area contributed by atoms with Gasteiger partial charge in [-0.2, -0.15) is 5.10 Å². The fraction of sp³-hybridized carbons (Fsp3) is 0.0909. The molecule has 5 rings (SSSR count). The first-order chi connectivity index (χ1) is 15.4. The highest BCUT2D eigenvalue weighted by molar-refractivity contribution is 6.38. The summed E-state index contributed by atoms with van der Waals surface area (Å²) in [5.41, 5.74) is 1.36. The van der Waals surface area contributed by atoms with Crippen LogP contribution in [0.2, 0.25) is 0 Å². The highest BCUT2D eigenvalue weighted by Crippen LogP contribution is 2.39. The number of para-hydroxylation sites is 2. The van der Waals surface area contributed by atoms with Gasteiger partial charge in [0.25, 0.3) is 17.5 Å². The van der Waals surface area contributed by atoms with Gasteiger partial charge in [-0.3, -0.25) is 19.7 Å². The number of anilines is 1. The van der Waals surface area contributed by atoms with E-state index >= 15 is 0 Å². The van der Waals surface area contributed by atoms with Crippen LogP contribution in [0.5, 0.6) is 5.75 Å². The summed E-state index contributed by atoms with van der Waals surface area (Å²) in [5.74, 6) is -0.668. The van der Waals surface area contributed by atoms with Crippen molar-refractivity contribution in [2.45, 2.75) is 0 Å². The Morgan fingerprint density at radius 1 is 1.03 bits per heavy atom. The van der Waals surface area contributed by atoms with Gasteiger partial charge in [0, 0.05) is 24.9 Å². The highest BCUT2D eigenvalue weighted by Gasteiger charge is 2.42. The molecule has 0 saturated heterocycles. The van der Waals surface area contributed by atoms with E-state index in [0.717, 1.165) is 4.90 Å². The standard InChI is InChI=1S/C22H15N5O5/c1-25-20-18(19(24-25)12-7-9-13(32-2)10-8-12)17-14(11-23-20)21(28)26(22(17)29)15-5-3-4-6-16(15)27(30)31/h3-11H,1-2H3. The molecule has 0 saturated carbocycles. The third kappa shape index (κ3) is 2.66. The number of hydrogen-bond acceptors (Lipinski definition) is 7. The van der Waals surface area contributed by atoms with E-state index in [4.69, 9.17) is 4.74 Å². The number of nitro benzene ring substituents is 1. The van der Waals surface area contributed by atoms with Gasteiger partial charge in [-0.05, 0) is 30.3 Å². The molecule has 0 unspecified atom stereocenters. The SMILES string of the molecule is COc1ccc(-c2nn(C)c3ncc4c(c23)C(=O)N(c2ccccc2[N+](=O)[O-])C4=O)cc1. The predicted molar refractivity (Wildman–Crippen MR) is 115 cm³/mol. The molecular formula is C22H15N5O5. The second kappa shape index (κ2) is 6.98. The predicted octanol–water partition coefficient (Wildman–Crippen LogP) is 3.35. The van der Waals surface area contributed by atoms with Crippen molar-refractivity contribution in [1.82, 2.24) is 14.8 Å². The van der Waals surface area contributed by atoms with Crippen LogP contribution in [0, 0.1) is 10.1 Å². The fourth-order valence-electron chi connectivity index (χ4n) is 3.90. The normalized spacial score (nSPS) is 13.0. The largest absolute Gasteiger partial charge is 0.497 e. The highest BCUT2D eigenvalue weighted by atomic mass is 16.6. The van der Waals surface area contributed by atoms with E-state index < -0.39 is 16.7 Å². The minimum Gasteiger partial charge on any atom is -0.497 e. The Morgan fingerprint density at radius 2 is 1.75 bits per heavy atom. The number of nitro groups is 1. The van der Waals surface area contributed by atoms with E-state index in [9.17, 15) is 19.7 Å². The van der Waals surface area contributed by atoms with Gasteiger partial charge < -0.3 is 4.74 Å². The molecule has 0 aliphatic carbocycles. The van der Waals surface area contributed by atoms with Gasteiger partial charge in [0.05, 0.1) is 28.5 Å². The molecule has 0 fully saturated rings. The first-order valence-electron chi connectivity index (χ1n) is 9.54. The number of aryl methyl sites for hydroxylation is 1. The monoisotopic (exact) mass is 429 g/mol. The second-order valence-electron chi connectivity index (χ2n) is 7.14. The van der Waals surface area contributed by atoms with Crippen molar-refractivity contribution in [2.24, 2.45) is 7.05 Å². The molecule has 4 aromatic rings. The van der Waals surface area contributed by atoms with Gasteiger partial charge in [-0.25, -0.2) is 14.6 Å². The quantitative estimate of drug-likeness (QED) is 0.277. The van der Waals surface area contributed by atoms with Crippen LogP contribution < -0.4 is 9.64 Å². The van der Waals surface area contributed by atoms with Gasteiger partial charge in [0.15, 0.2) is 5.65 Å². The minimum absolute atomic E-state index is 0.0726. The lowest BCUT2D eigenvalue weighted by Crippen LogP contribution is -2.30. The van der Waals surface area contributed by atoms with Crippen LogP contribution >= 0.6 is 0 Å². The van der Waals surface area contributed by atoms with Gasteiger partial charge in [0.1, 0.15) is 17.1 Å². The molecule has 0 atom stereocenters. The van der Waals surface area contributed by atoms with Crippen LogP contribution in [0.15, 0.2) is 54.7 Å².